The maximum Gasteiger partial charge on any atom is 1.00 e. The minimum atomic E-state index is -1.21. The van der Waals surface area contributed by atoms with Gasteiger partial charge in [-0.3, -0.25) is 4.79 Å². The van der Waals surface area contributed by atoms with Gasteiger partial charge in [-0.05, 0) is 6.42 Å². The summed E-state index contributed by atoms with van der Waals surface area (Å²) in [6.07, 6.45) is 5.85. The largest absolute Gasteiger partial charge is 1.00 e. The van der Waals surface area contributed by atoms with Gasteiger partial charge in [-0.15, -0.1) is 0 Å². The third-order valence-electron chi connectivity index (χ3n) is 2.29. The average Bonchev–Trinajstić information content (AvgIpc) is 2.16. The van der Waals surface area contributed by atoms with Crippen LogP contribution in [0, 0.1) is 0 Å². The van der Waals surface area contributed by atoms with Gasteiger partial charge >= 0.3 is 29.6 Å². The number of rotatable bonds is 8. The number of aliphatic carboxylic acids is 1. The fourth-order valence-electron chi connectivity index (χ4n) is 1.35. The summed E-state index contributed by atoms with van der Waals surface area (Å²) < 4.78 is 0. The SMILES string of the molecule is CCCCCCCC(=O)N(C)CC(=O)[O-].[Na+]. The Hall–Kier alpha value is -0.0600. The fourth-order valence-corrected chi connectivity index (χ4v) is 1.35. The first kappa shape index (κ1) is 18.3. The van der Waals surface area contributed by atoms with E-state index < -0.39 is 5.97 Å². The number of carbonyl (C=O) groups excluding carboxylic acids is 2. The Balaban J connectivity index is 0. The van der Waals surface area contributed by atoms with Gasteiger partial charge in [-0.25, -0.2) is 0 Å². The summed E-state index contributed by atoms with van der Waals surface area (Å²) in [5.41, 5.74) is 0. The molecule has 4 nitrogen and oxygen atoms in total. The molecule has 0 aliphatic heterocycles. The number of carboxylic acid groups (broad SMARTS) is 1. The van der Waals surface area contributed by atoms with Crippen LogP contribution in [0.5, 0.6) is 0 Å². The number of carboxylic acids is 1. The number of hydrogen-bond acceptors (Lipinski definition) is 3. The monoisotopic (exact) mass is 237 g/mol. The van der Waals surface area contributed by atoms with E-state index in [1.54, 1.807) is 0 Å². The van der Waals surface area contributed by atoms with Crippen LogP contribution in [0.2, 0.25) is 0 Å². The molecule has 88 valence electrons. The molecule has 0 saturated carbocycles. The van der Waals surface area contributed by atoms with E-state index in [-0.39, 0.29) is 42.0 Å². The average molecular weight is 237 g/mol. The molecule has 0 heterocycles. The summed E-state index contributed by atoms with van der Waals surface area (Å²) in [5, 5.41) is 10.2. The summed E-state index contributed by atoms with van der Waals surface area (Å²) >= 11 is 0. The van der Waals surface area contributed by atoms with Gasteiger partial charge in [-0.2, -0.15) is 0 Å². The van der Waals surface area contributed by atoms with Crippen LogP contribution in [0.1, 0.15) is 45.4 Å². The van der Waals surface area contributed by atoms with Crippen molar-refractivity contribution >= 4 is 11.9 Å². The third kappa shape index (κ3) is 10.5. The molecular formula is C11H20NNaO3. The van der Waals surface area contributed by atoms with E-state index in [0.717, 1.165) is 19.3 Å². The molecule has 0 spiro atoms. The van der Waals surface area contributed by atoms with Gasteiger partial charge in [0, 0.05) is 13.5 Å². The summed E-state index contributed by atoms with van der Waals surface area (Å²) in [5.74, 6) is -1.33. The Morgan fingerprint density at radius 2 is 1.69 bits per heavy atom. The Bertz CT molecular complexity index is 209. The van der Waals surface area contributed by atoms with Crippen molar-refractivity contribution in [3.8, 4) is 0 Å². The van der Waals surface area contributed by atoms with Crippen LogP contribution in [-0.4, -0.2) is 30.4 Å². The van der Waals surface area contributed by atoms with Crippen molar-refractivity contribution in [1.82, 2.24) is 4.90 Å². The van der Waals surface area contributed by atoms with Crippen LogP contribution in [-0.2, 0) is 9.59 Å². The first-order valence-electron chi connectivity index (χ1n) is 5.51. The van der Waals surface area contributed by atoms with Gasteiger partial charge in [-0.1, -0.05) is 32.6 Å². The van der Waals surface area contributed by atoms with Crippen molar-refractivity contribution < 1.29 is 44.3 Å². The first-order valence-corrected chi connectivity index (χ1v) is 5.51. The van der Waals surface area contributed by atoms with Crippen molar-refractivity contribution in [3.63, 3.8) is 0 Å². The topological polar surface area (TPSA) is 60.4 Å². The molecule has 0 atom stereocenters. The molecule has 0 aromatic carbocycles. The molecule has 0 aliphatic rings. The minimum Gasteiger partial charge on any atom is -0.548 e. The quantitative estimate of drug-likeness (QED) is 0.348. The van der Waals surface area contributed by atoms with Gasteiger partial charge in [0.2, 0.25) is 5.91 Å². The predicted octanol–water partition coefficient (Wildman–Crippen LogP) is -2.44. The van der Waals surface area contributed by atoms with Gasteiger partial charge in [0.25, 0.3) is 0 Å². The molecule has 0 aliphatic carbocycles. The van der Waals surface area contributed by atoms with E-state index >= 15 is 0 Å². The van der Waals surface area contributed by atoms with Crippen molar-refractivity contribution in [2.75, 3.05) is 13.6 Å². The van der Waals surface area contributed by atoms with Crippen LogP contribution in [0.4, 0.5) is 0 Å². The number of nitrogens with zero attached hydrogens (tertiary/aromatic N) is 1. The predicted molar refractivity (Wildman–Crippen MR) is 56.0 cm³/mol. The van der Waals surface area contributed by atoms with E-state index in [2.05, 4.69) is 6.92 Å². The summed E-state index contributed by atoms with van der Waals surface area (Å²) in [6, 6.07) is 0. The first-order chi connectivity index (χ1) is 7.07. The van der Waals surface area contributed by atoms with Crippen molar-refractivity contribution in [1.29, 1.82) is 0 Å². The van der Waals surface area contributed by atoms with E-state index in [0.29, 0.717) is 6.42 Å². The Kier molecular flexibility index (Phi) is 13.1. The number of likely N-dealkylation sites (N-methyl/N-ethyl adjacent to an activating group) is 1. The number of hydrogen-bond donors (Lipinski definition) is 0. The molecule has 5 heteroatoms. The molecule has 0 N–H and O–H groups in total. The molecule has 1 amide bonds. The van der Waals surface area contributed by atoms with Crippen molar-refractivity contribution in [2.24, 2.45) is 0 Å². The second-order valence-electron chi connectivity index (χ2n) is 3.79. The molecule has 0 unspecified atom stereocenters. The molecule has 16 heavy (non-hydrogen) atoms. The van der Waals surface area contributed by atoms with Gasteiger partial charge in [0.15, 0.2) is 0 Å². The molecule has 0 saturated heterocycles. The number of amides is 1. The van der Waals surface area contributed by atoms with Gasteiger partial charge < -0.3 is 14.8 Å². The van der Waals surface area contributed by atoms with Crippen LogP contribution < -0.4 is 34.7 Å². The summed E-state index contributed by atoms with van der Waals surface area (Å²) in [4.78, 5) is 22.8. The van der Waals surface area contributed by atoms with Crippen LogP contribution in [0.3, 0.4) is 0 Å². The maximum atomic E-state index is 11.3. The maximum absolute atomic E-state index is 11.3. The molecular weight excluding hydrogens is 217 g/mol. The standard InChI is InChI=1S/C11H21NO3.Na/c1-3-4-5-6-7-8-10(13)12(2)9-11(14)15;/h3-9H2,1-2H3,(H,14,15);/q;+1/p-1. The van der Waals surface area contributed by atoms with Crippen LogP contribution >= 0.6 is 0 Å². The fraction of sp³-hybridized carbons (Fsp3) is 0.818. The van der Waals surface area contributed by atoms with Crippen molar-refractivity contribution in [3.05, 3.63) is 0 Å². The minimum absolute atomic E-state index is 0. The van der Waals surface area contributed by atoms with Gasteiger partial charge in [0.05, 0.1) is 12.5 Å². The van der Waals surface area contributed by atoms with Crippen LogP contribution in [0.25, 0.3) is 0 Å². The molecule has 0 aromatic heterocycles. The van der Waals surface area contributed by atoms with E-state index in [9.17, 15) is 14.7 Å². The zero-order chi connectivity index (χ0) is 11.7. The van der Waals surface area contributed by atoms with E-state index in [1.165, 1.54) is 24.8 Å². The van der Waals surface area contributed by atoms with Gasteiger partial charge in [0.1, 0.15) is 0 Å². The normalized spacial score (nSPS) is 9.38. The molecule has 0 rings (SSSR count). The zero-order valence-corrected chi connectivity index (χ0v) is 12.6. The second-order valence-corrected chi connectivity index (χ2v) is 3.79. The molecule has 0 fully saturated rings. The Morgan fingerprint density at radius 3 is 2.19 bits per heavy atom. The number of unbranched alkanes of at least 4 members (excludes halogenated alkanes) is 4. The van der Waals surface area contributed by atoms with Crippen molar-refractivity contribution in [2.45, 2.75) is 45.4 Å². The molecule has 0 bridgehead atoms. The molecule has 0 radical (unpaired) electrons. The zero-order valence-electron chi connectivity index (χ0n) is 10.6. The number of carbonyl (C=O) groups is 2. The Morgan fingerprint density at radius 1 is 1.12 bits per heavy atom. The smallest absolute Gasteiger partial charge is 0.548 e. The molecule has 0 aromatic rings. The van der Waals surface area contributed by atoms with E-state index in [4.69, 9.17) is 0 Å². The van der Waals surface area contributed by atoms with Crippen LogP contribution in [0.15, 0.2) is 0 Å². The second kappa shape index (κ2) is 11.4. The Labute approximate surface area is 120 Å². The van der Waals surface area contributed by atoms with E-state index in [1.807, 2.05) is 0 Å². The third-order valence-corrected chi connectivity index (χ3v) is 2.29. The summed E-state index contributed by atoms with van der Waals surface area (Å²) in [6.45, 7) is 1.83. The summed E-state index contributed by atoms with van der Waals surface area (Å²) in [7, 11) is 1.49.